The number of thiophene rings is 1. The van der Waals surface area contributed by atoms with Crippen LogP contribution in [0.4, 0.5) is 4.39 Å². The highest BCUT2D eigenvalue weighted by Crippen LogP contribution is 2.39. The fourth-order valence-electron chi connectivity index (χ4n) is 3.76. The molecule has 4 nitrogen and oxygen atoms in total. The molecule has 0 saturated carbocycles. The molecule has 1 aliphatic rings. The van der Waals surface area contributed by atoms with Crippen molar-refractivity contribution in [3.8, 4) is 22.6 Å². The second-order valence-corrected chi connectivity index (χ2v) is 8.12. The maximum Gasteiger partial charge on any atom is 0.160 e. The number of benzene rings is 2. The van der Waals surface area contributed by atoms with Gasteiger partial charge < -0.3 is 9.84 Å². The van der Waals surface area contributed by atoms with Crippen LogP contribution in [-0.2, 0) is 0 Å². The van der Waals surface area contributed by atoms with Gasteiger partial charge in [-0.1, -0.05) is 12.1 Å². The van der Waals surface area contributed by atoms with Gasteiger partial charge in [0.25, 0.3) is 0 Å². The molecule has 4 rings (SSSR count). The topological polar surface area (TPSA) is 49.8 Å². The van der Waals surface area contributed by atoms with Gasteiger partial charge in [0, 0.05) is 35.3 Å². The number of aromatic hydroxyl groups is 1. The zero-order chi connectivity index (χ0) is 19.5. The summed E-state index contributed by atoms with van der Waals surface area (Å²) in [5.74, 6) is 0.990. The summed E-state index contributed by atoms with van der Waals surface area (Å²) in [5, 5.41) is 10.6. The second kappa shape index (κ2) is 8.29. The van der Waals surface area contributed by atoms with Gasteiger partial charge in [-0.2, -0.15) is 0 Å². The number of phenols is 1. The van der Waals surface area contributed by atoms with Crippen LogP contribution in [0, 0.1) is 0 Å². The number of rotatable bonds is 7. The first kappa shape index (κ1) is 18.9. The molecule has 1 unspecified atom stereocenters. The van der Waals surface area contributed by atoms with Gasteiger partial charge in [-0.3, -0.25) is 14.1 Å². The SMILES string of the molecule is O=Cc1sc2cc(O)ccc2c1-c1ccc(OC2CCN(CCCF)C2)cc1. The van der Waals surface area contributed by atoms with Crippen LogP contribution in [0.1, 0.15) is 22.5 Å². The lowest BCUT2D eigenvalue weighted by Crippen LogP contribution is -2.26. The number of phenolic OH excluding ortho intramolecular Hbond substituents is 1. The Labute approximate surface area is 167 Å². The molecule has 1 saturated heterocycles. The molecular formula is C22H22FNO3S. The summed E-state index contributed by atoms with van der Waals surface area (Å²) in [6, 6.07) is 13.0. The smallest absolute Gasteiger partial charge is 0.160 e. The highest BCUT2D eigenvalue weighted by Gasteiger charge is 2.23. The number of hydrogen-bond acceptors (Lipinski definition) is 5. The van der Waals surface area contributed by atoms with E-state index < -0.39 is 0 Å². The molecule has 0 aliphatic carbocycles. The third-order valence-corrected chi connectivity index (χ3v) is 6.17. The van der Waals surface area contributed by atoms with E-state index in [9.17, 15) is 14.3 Å². The molecule has 1 atom stereocenters. The van der Waals surface area contributed by atoms with Crippen molar-refractivity contribution in [1.82, 2.24) is 4.90 Å². The van der Waals surface area contributed by atoms with Crippen molar-refractivity contribution in [2.24, 2.45) is 0 Å². The largest absolute Gasteiger partial charge is 0.508 e. The Hall–Kier alpha value is -2.44. The van der Waals surface area contributed by atoms with Crippen LogP contribution in [0.2, 0.25) is 0 Å². The lowest BCUT2D eigenvalue weighted by Gasteiger charge is -2.16. The van der Waals surface area contributed by atoms with E-state index in [1.165, 1.54) is 11.3 Å². The van der Waals surface area contributed by atoms with Gasteiger partial charge in [0.2, 0.25) is 0 Å². The van der Waals surface area contributed by atoms with E-state index in [1.807, 2.05) is 30.3 Å². The van der Waals surface area contributed by atoms with Gasteiger partial charge in [-0.05, 0) is 48.7 Å². The Kier molecular flexibility index (Phi) is 5.59. The van der Waals surface area contributed by atoms with E-state index in [4.69, 9.17) is 4.74 Å². The molecule has 6 heteroatoms. The van der Waals surface area contributed by atoms with E-state index in [1.54, 1.807) is 12.1 Å². The number of likely N-dealkylation sites (tertiary alicyclic amines) is 1. The van der Waals surface area contributed by atoms with Gasteiger partial charge in [-0.25, -0.2) is 0 Å². The van der Waals surface area contributed by atoms with E-state index in [2.05, 4.69) is 4.90 Å². The van der Waals surface area contributed by atoms with Gasteiger partial charge in [-0.15, -0.1) is 11.3 Å². The normalized spacial score (nSPS) is 17.2. The lowest BCUT2D eigenvalue weighted by atomic mass is 10.0. The Morgan fingerprint density at radius 3 is 2.82 bits per heavy atom. The number of carbonyl (C=O) groups is 1. The average Bonchev–Trinajstić information content (AvgIpc) is 3.30. The molecule has 0 radical (unpaired) electrons. The number of hydrogen-bond donors (Lipinski definition) is 1. The van der Waals surface area contributed by atoms with Crippen molar-refractivity contribution < 1.29 is 19.0 Å². The average molecular weight is 399 g/mol. The van der Waals surface area contributed by atoms with Gasteiger partial charge in [0.05, 0.1) is 11.6 Å². The maximum absolute atomic E-state index is 12.3. The first-order valence-electron chi connectivity index (χ1n) is 9.44. The van der Waals surface area contributed by atoms with Crippen molar-refractivity contribution in [3.63, 3.8) is 0 Å². The summed E-state index contributed by atoms with van der Waals surface area (Å²) in [5.41, 5.74) is 1.84. The van der Waals surface area contributed by atoms with Gasteiger partial charge >= 0.3 is 0 Å². The van der Waals surface area contributed by atoms with E-state index in [0.717, 1.165) is 59.3 Å². The van der Waals surface area contributed by atoms with Crippen molar-refractivity contribution in [2.45, 2.75) is 18.9 Å². The zero-order valence-corrected chi connectivity index (χ0v) is 16.3. The number of alkyl halides is 1. The fraction of sp³-hybridized carbons (Fsp3) is 0.318. The van der Waals surface area contributed by atoms with Crippen molar-refractivity contribution in [2.75, 3.05) is 26.3 Å². The molecule has 28 heavy (non-hydrogen) atoms. The molecule has 2 aromatic carbocycles. The van der Waals surface area contributed by atoms with Crippen LogP contribution >= 0.6 is 11.3 Å². The first-order chi connectivity index (χ1) is 13.7. The number of fused-ring (bicyclic) bond motifs is 1. The van der Waals surface area contributed by atoms with Crippen molar-refractivity contribution in [3.05, 3.63) is 47.3 Å². The van der Waals surface area contributed by atoms with E-state index >= 15 is 0 Å². The van der Waals surface area contributed by atoms with Crippen LogP contribution < -0.4 is 4.74 Å². The standard InChI is InChI=1S/C22H22FNO3S/c23-9-1-10-24-11-8-18(13-24)27-17-5-2-15(3-6-17)22-19-7-4-16(26)12-20(19)28-21(22)14-25/h2-7,12,14,18,26H,1,8-11,13H2. The molecule has 1 aliphatic heterocycles. The number of ether oxygens (including phenoxy) is 1. The molecule has 1 aromatic heterocycles. The number of nitrogens with zero attached hydrogens (tertiary/aromatic N) is 1. The molecule has 2 heterocycles. The molecule has 146 valence electrons. The summed E-state index contributed by atoms with van der Waals surface area (Å²) in [4.78, 5) is 14.4. The monoisotopic (exact) mass is 399 g/mol. The lowest BCUT2D eigenvalue weighted by molar-refractivity contribution is 0.112. The van der Waals surface area contributed by atoms with Crippen LogP contribution in [0.15, 0.2) is 42.5 Å². The molecular weight excluding hydrogens is 377 g/mol. The third kappa shape index (κ3) is 3.88. The summed E-state index contributed by atoms with van der Waals surface area (Å²) < 4.78 is 19.3. The minimum absolute atomic E-state index is 0.126. The third-order valence-electron chi connectivity index (χ3n) is 5.09. The fourth-order valence-corrected chi connectivity index (χ4v) is 4.83. The Morgan fingerprint density at radius 2 is 2.07 bits per heavy atom. The molecule has 1 N–H and O–H groups in total. The van der Waals surface area contributed by atoms with Crippen LogP contribution in [0.3, 0.4) is 0 Å². The summed E-state index contributed by atoms with van der Waals surface area (Å²) >= 11 is 1.38. The Balaban J connectivity index is 1.51. The quantitative estimate of drug-likeness (QED) is 0.574. The molecule has 0 spiro atoms. The summed E-state index contributed by atoms with van der Waals surface area (Å²) in [7, 11) is 0. The van der Waals surface area contributed by atoms with Crippen molar-refractivity contribution in [1.29, 1.82) is 0 Å². The molecule has 1 fully saturated rings. The predicted octanol–water partition coefficient (Wildman–Crippen LogP) is 4.90. The minimum Gasteiger partial charge on any atom is -0.508 e. The molecule has 0 bridgehead atoms. The van der Waals surface area contributed by atoms with Gasteiger partial charge in [0.1, 0.15) is 17.6 Å². The Morgan fingerprint density at radius 1 is 1.25 bits per heavy atom. The highest BCUT2D eigenvalue weighted by atomic mass is 32.1. The predicted molar refractivity (Wildman–Crippen MR) is 110 cm³/mol. The number of carbonyl (C=O) groups excluding carboxylic acids is 1. The highest BCUT2D eigenvalue weighted by molar-refractivity contribution is 7.21. The van der Waals surface area contributed by atoms with Crippen LogP contribution in [-0.4, -0.2) is 48.7 Å². The van der Waals surface area contributed by atoms with E-state index in [-0.39, 0.29) is 18.5 Å². The number of halogens is 1. The van der Waals surface area contributed by atoms with Gasteiger partial charge in [0.15, 0.2) is 6.29 Å². The van der Waals surface area contributed by atoms with Crippen LogP contribution in [0.25, 0.3) is 21.2 Å². The zero-order valence-electron chi connectivity index (χ0n) is 15.4. The Bertz CT molecular complexity index is 970. The molecule has 3 aromatic rings. The van der Waals surface area contributed by atoms with E-state index in [0.29, 0.717) is 11.3 Å². The number of aldehydes is 1. The summed E-state index contributed by atoms with van der Waals surface area (Å²) in [6.07, 6.45) is 2.52. The first-order valence-corrected chi connectivity index (χ1v) is 10.3. The molecule has 0 amide bonds. The second-order valence-electron chi connectivity index (χ2n) is 7.04. The minimum atomic E-state index is -0.275. The summed E-state index contributed by atoms with van der Waals surface area (Å²) in [6.45, 7) is 2.28. The van der Waals surface area contributed by atoms with Crippen molar-refractivity contribution >= 4 is 27.7 Å². The van der Waals surface area contributed by atoms with Crippen LogP contribution in [0.5, 0.6) is 11.5 Å². The maximum atomic E-state index is 12.3.